The van der Waals surface area contributed by atoms with Gasteiger partial charge in [-0.15, -0.1) is 0 Å². The first-order valence-corrected chi connectivity index (χ1v) is 5.58. The molecule has 0 spiro atoms. The second-order valence-corrected chi connectivity index (χ2v) is 4.35. The molecule has 1 heterocycles. The average molecular weight is 236 g/mol. The number of rotatable bonds is 4. The molecule has 0 radical (unpaired) electrons. The number of hydrogen-bond donors (Lipinski definition) is 1. The summed E-state index contributed by atoms with van der Waals surface area (Å²) >= 11 is 0. The van der Waals surface area contributed by atoms with Crippen molar-refractivity contribution >= 4 is 11.7 Å². The van der Waals surface area contributed by atoms with Crippen molar-refractivity contribution in [2.24, 2.45) is 0 Å². The molecule has 1 aromatic rings. The summed E-state index contributed by atoms with van der Waals surface area (Å²) < 4.78 is 0. The lowest BCUT2D eigenvalue weighted by molar-refractivity contribution is 0.217. The van der Waals surface area contributed by atoms with E-state index in [1.165, 1.54) is 0 Å². The highest BCUT2D eigenvalue weighted by Crippen LogP contribution is 2.11. The molecular formula is C12H20N4O. The molecule has 2 amide bonds. The minimum absolute atomic E-state index is 0.0962. The fraction of sp³-hybridized carbons (Fsp3) is 0.500. The van der Waals surface area contributed by atoms with E-state index in [4.69, 9.17) is 0 Å². The maximum Gasteiger partial charge on any atom is 0.321 e. The number of amides is 2. The third kappa shape index (κ3) is 4.40. The van der Waals surface area contributed by atoms with Gasteiger partial charge in [0, 0.05) is 38.2 Å². The third-order valence-corrected chi connectivity index (χ3v) is 2.49. The maximum atomic E-state index is 11.9. The Morgan fingerprint density at radius 3 is 2.65 bits per heavy atom. The Morgan fingerprint density at radius 2 is 2.06 bits per heavy atom. The summed E-state index contributed by atoms with van der Waals surface area (Å²) in [6.07, 6.45) is 3.40. The van der Waals surface area contributed by atoms with Crippen LogP contribution < -0.4 is 5.32 Å². The van der Waals surface area contributed by atoms with E-state index >= 15 is 0 Å². The predicted molar refractivity (Wildman–Crippen MR) is 69.2 cm³/mol. The predicted octanol–water partition coefficient (Wildman–Crippen LogP) is 1.42. The second-order valence-electron chi connectivity index (χ2n) is 4.35. The zero-order valence-electron chi connectivity index (χ0n) is 10.9. The first kappa shape index (κ1) is 13.4. The highest BCUT2D eigenvalue weighted by molar-refractivity contribution is 5.89. The molecule has 5 heteroatoms. The lowest BCUT2D eigenvalue weighted by Gasteiger charge is -2.20. The van der Waals surface area contributed by atoms with E-state index in [-0.39, 0.29) is 6.03 Å². The van der Waals surface area contributed by atoms with Crippen molar-refractivity contribution < 1.29 is 4.79 Å². The minimum Gasteiger partial charge on any atom is -0.326 e. The van der Waals surface area contributed by atoms with Gasteiger partial charge in [-0.05, 0) is 32.6 Å². The van der Waals surface area contributed by atoms with Gasteiger partial charge in [0.25, 0.3) is 0 Å². The van der Waals surface area contributed by atoms with Crippen LogP contribution in [0, 0.1) is 6.92 Å². The molecular weight excluding hydrogens is 216 g/mol. The van der Waals surface area contributed by atoms with E-state index in [1.807, 2.05) is 25.9 Å². The zero-order valence-corrected chi connectivity index (χ0v) is 10.9. The topological polar surface area (TPSA) is 48.5 Å². The molecule has 5 nitrogen and oxygen atoms in total. The van der Waals surface area contributed by atoms with Gasteiger partial charge in [0.15, 0.2) is 0 Å². The van der Waals surface area contributed by atoms with Gasteiger partial charge in [-0.1, -0.05) is 0 Å². The molecule has 0 aliphatic heterocycles. The van der Waals surface area contributed by atoms with Gasteiger partial charge < -0.3 is 15.1 Å². The van der Waals surface area contributed by atoms with Crippen molar-refractivity contribution in [1.29, 1.82) is 0 Å². The van der Waals surface area contributed by atoms with Gasteiger partial charge in [-0.3, -0.25) is 4.98 Å². The number of carbonyl (C=O) groups excluding carboxylic acids is 1. The van der Waals surface area contributed by atoms with E-state index < -0.39 is 0 Å². The molecule has 0 aliphatic rings. The summed E-state index contributed by atoms with van der Waals surface area (Å²) in [5, 5.41) is 2.86. The molecule has 0 atom stereocenters. The Kier molecular flexibility index (Phi) is 4.90. The summed E-state index contributed by atoms with van der Waals surface area (Å²) in [5.74, 6) is 0. The number of likely N-dealkylation sites (N-methyl/N-ethyl adjacent to an activating group) is 2. The largest absolute Gasteiger partial charge is 0.326 e. The number of pyridine rings is 1. The summed E-state index contributed by atoms with van der Waals surface area (Å²) in [6.45, 7) is 3.46. The number of aromatic nitrogens is 1. The van der Waals surface area contributed by atoms with Gasteiger partial charge in [0.1, 0.15) is 0 Å². The number of aryl methyl sites for hydroxylation is 1. The van der Waals surface area contributed by atoms with Crippen LogP contribution in [0.15, 0.2) is 18.5 Å². The van der Waals surface area contributed by atoms with Crippen LogP contribution in [0.1, 0.15) is 5.56 Å². The maximum absolute atomic E-state index is 11.9. The Balaban J connectivity index is 2.52. The number of urea groups is 1. The van der Waals surface area contributed by atoms with Crippen LogP contribution in [-0.4, -0.2) is 55.0 Å². The molecule has 0 bridgehead atoms. The molecule has 1 aromatic heterocycles. The molecule has 17 heavy (non-hydrogen) atoms. The summed E-state index contributed by atoms with van der Waals surface area (Å²) in [7, 11) is 5.76. The summed E-state index contributed by atoms with van der Waals surface area (Å²) in [4.78, 5) is 19.5. The molecule has 0 saturated carbocycles. The molecule has 0 aliphatic carbocycles. The van der Waals surface area contributed by atoms with Gasteiger partial charge in [0.05, 0.1) is 0 Å². The lowest BCUT2D eigenvalue weighted by atomic mass is 10.2. The third-order valence-electron chi connectivity index (χ3n) is 2.49. The number of anilines is 1. The molecule has 94 valence electrons. The van der Waals surface area contributed by atoms with Crippen molar-refractivity contribution in [3.05, 3.63) is 24.0 Å². The van der Waals surface area contributed by atoms with Crippen LogP contribution in [-0.2, 0) is 0 Å². The van der Waals surface area contributed by atoms with Crippen molar-refractivity contribution in [2.45, 2.75) is 6.92 Å². The number of nitrogens with one attached hydrogen (secondary N) is 1. The monoisotopic (exact) mass is 236 g/mol. The minimum atomic E-state index is -0.0962. The van der Waals surface area contributed by atoms with Crippen LogP contribution in [0.3, 0.4) is 0 Å². The first-order valence-electron chi connectivity index (χ1n) is 5.58. The van der Waals surface area contributed by atoms with Crippen LogP contribution in [0.5, 0.6) is 0 Å². The zero-order chi connectivity index (χ0) is 12.8. The number of hydrogen-bond acceptors (Lipinski definition) is 3. The average Bonchev–Trinajstić information content (AvgIpc) is 2.28. The van der Waals surface area contributed by atoms with E-state index in [9.17, 15) is 4.79 Å². The fourth-order valence-corrected chi connectivity index (χ4v) is 1.28. The van der Waals surface area contributed by atoms with E-state index in [1.54, 1.807) is 30.4 Å². The van der Waals surface area contributed by atoms with Crippen molar-refractivity contribution in [3.8, 4) is 0 Å². The Labute approximate surface area is 102 Å². The molecule has 0 unspecified atom stereocenters. The van der Waals surface area contributed by atoms with E-state index in [0.29, 0.717) is 6.54 Å². The van der Waals surface area contributed by atoms with E-state index in [0.717, 1.165) is 17.8 Å². The SMILES string of the molecule is Cc1cnccc1NC(=O)N(C)CCN(C)C. The van der Waals surface area contributed by atoms with Gasteiger partial charge in [0.2, 0.25) is 0 Å². The smallest absolute Gasteiger partial charge is 0.321 e. The molecule has 0 fully saturated rings. The highest BCUT2D eigenvalue weighted by atomic mass is 16.2. The summed E-state index contributed by atoms with van der Waals surface area (Å²) in [6, 6.07) is 1.70. The first-order chi connectivity index (χ1) is 8.00. The lowest BCUT2D eigenvalue weighted by Crippen LogP contribution is -2.36. The molecule has 0 saturated heterocycles. The Morgan fingerprint density at radius 1 is 1.35 bits per heavy atom. The Hall–Kier alpha value is -1.62. The van der Waals surface area contributed by atoms with E-state index in [2.05, 4.69) is 10.3 Å². The normalized spacial score (nSPS) is 10.4. The van der Waals surface area contributed by atoms with Crippen LogP contribution in [0.25, 0.3) is 0 Å². The quantitative estimate of drug-likeness (QED) is 0.860. The molecule has 1 rings (SSSR count). The molecule has 1 N–H and O–H groups in total. The van der Waals surface area contributed by atoms with Gasteiger partial charge in [-0.25, -0.2) is 4.79 Å². The van der Waals surface area contributed by atoms with Gasteiger partial charge in [-0.2, -0.15) is 0 Å². The fourth-order valence-electron chi connectivity index (χ4n) is 1.28. The van der Waals surface area contributed by atoms with Crippen molar-refractivity contribution in [1.82, 2.24) is 14.8 Å². The standard InChI is InChI=1S/C12H20N4O/c1-10-9-13-6-5-11(10)14-12(17)16(4)8-7-15(2)3/h5-6,9H,7-8H2,1-4H3,(H,13,14,17). The number of carbonyl (C=O) groups is 1. The van der Waals surface area contributed by atoms with Crippen molar-refractivity contribution in [2.75, 3.05) is 39.5 Å². The molecule has 0 aromatic carbocycles. The van der Waals surface area contributed by atoms with Crippen LogP contribution >= 0.6 is 0 Å². The number of nitrogens with zero attached hydrogens (tertiary/aromatic N) is 3. The van der Waals surface area contributed by atoms with Gasteiger partial charge >= 0.3 is 6.03 Å². The van der Waals surface area contributed by atoms with Crippen molar-refractivity contribution in [3.63, 3.8) is 0 Å². The van der Waals surface area contributed by atoms with Crippen LogP contribution in [0.4, 0.5) is 10.5 Å². The summed E-state index contributed by atoms with van der Waals surface area (Å²) in [5.41, 5.74) is 1.77. The van der Waals surface area contributed by atoms with Crippen LogP contribution in [0.2, 0.25) is 0 Å². The highest BCUT2D eigenvalue weighted by Gasteiger charge is 2.09. The Bertz CT molecular complexity index is 379. The second kappa shape index (κ2) is 6.20.